The average Bonchev–Trinajstić information content (AvgIpc) is 2.39. The van der Waals surface area contributed by atoms with Gasteiger partial charge >= 0.3 is 5.97 Å². The molecular weight excluding hydrogens is 228 g/mol. The molecule has 0 aliphatic heterocycles. The fourth-order valence-corrected chi connectivity index (χ4v) is 2.17. The van der Waals surface area contributed by atoms with E-state index in [1.165, 1.54) is 6.92 Å². The summed E-state index contributed by atoms with van der Waals surface area (Å²) in [5, 5.41) is 0. The number of esters is 1. The molecule has 1 aromatic carbocycles. The molecular formula is C15H16O3. The van der Waals surface area contributed by atoms with E-state index < -0.39 is 5.79 Å². The highest BCUT2D eigenvalue weighted by molar-refractivity contribution is 5.67. The molecule has 0 amide bonds. The summed E-state index contributed by atoms with van der Waals surface area (Å²) in [6, 6.07) is 9.84. The highest BCUT2D eigenvalue weighted by atomic mass is 16.7. The van der Waals surface area contributed by atoms with E-state index in [9.17, 15) is 4.79 Å². The lowest BCUT2D eigenvalue weighted by Gasteiger charge is -2.36. The summed E-state index contributed by atoms with van der Waals surface area (Å²) in [7, 11) is 1.54. The normalized spacial score (nSPS) is 26.0. The second-order valence-electron chi connectivity index (χ2n) is 4.15. The molecule has 0 N–H and O–H groups in total. The minimum Gasteiger partial charge on any atom is -0.428 e. The van der Waals surface area contributed by atoms with E-state index >= 15 is 0 Å². The Bertz CT molecular complexity index is 476. The van der Waals surface area contributed by atoms with Crippen LogP contribution in [0.3, 0.4) is 0 Å². The van der Waals surface area contributed by atoms with Crippen LogP contribution in [-0.4, -0.2) is 18.9 Å². The Hall–Kier alpha value is -1.87. The van der Waals surface area contributed by atoms with Gasteiger partial charge in [0.1, 0.15) is 0 Å². The van der Waals surface area contributed by atoms with Crippen molar-refractivity contribution >= 4 is 5.97 Å². The van der Waals surface area contributed by atoms with Crippen LogP contribution in [-0.2, 0) is 14.3 Å². The minimum atomic E-state index is -1.05. The molecule has 3 heteroatoms. The van der Waals surface area contributed by atoms with E-state index in [2.05, 4.69) is 0 Å². The lowest BCUT2D eigenvalue weighted by atomic mass is 9.87. The molecule has 3 nitrogen and oxygen atoms in total. The number of methoxy groups -OCH3 is 1. The zero-order chi connectivity index (χ0) is 13.0. The van der Waals surface area contributed by atoms with E-state index in [0.29, 0.717) is 0 Å². The Morgan fingerprint density at radius 1 is 1.22 bits per heavy atom. The van der Waals surface area contributed by atoms with Crippen molar-refractivity contribution < 1.29 is 14.3 Å². The van der Waals surface area contributed by atoms with Crippen molar-refractivity contribution in [3.05, 3.63) is 60.2 Å². The van der Waals surface area contributed by atoms with Crippen molar-refractivity contribution in [2.24, 2.45) is 0 Å². The lowest BCUT2D eigenvalue weighted by molar-refractivity contribution is -0.203. The molecule has 0 aromatic heterocycles. The van der Waals surface area contributed by atoms with Crippen LogP contribution in [0, 0.1) is 0 Å². The van der Waals surface area contributed by atoms with Crippen molar-refractivity contribution in [1.29, 1.82) is 0 Å². The molecule has 0 saturated carbocycles. The van der Waals surface area contributed by atoms with Crippen LogP contribution < -0.4 is 0 Å². The number of benzene rings is 1. The third kappa shape index (κ3) is 2.36. The van der Waals surface area contributed by atoms with E-state index in [0.717, 1.165) is 5.56 Å². The van der Waals surface area contributed by atoms with Gasteiger partial charge in [-0.25, -0.2) is 0 Å². The van der Waals surface area contributed by atoms with E-state index in [1.807, 2.05) is 48.6 Å². The fourth-order valence-electron chi connectivity index (χ4n) is 2.17. The number of carbonyl (C=O) groups is 1. The largest absolute Gasteiger partial charge is 0.428 e. The first kappa shape index (κ1) is 12.6. The van der Waals surface area contributed by atoms with Crippen molar-refractivity contribution in [2.75, 3.05) is 7.11 Å². The van der Waals surface area contributed by atoms with Gasteiger partial charge in [-0.15, -0.1) is 0 Å². The summed E-state index contributed by atoms with van der Waals surface area (Å²) in [6.07, 6.45) is 7.50. The van der Waals surface area contributed by atoms with Gasteiger partial charge in [-0.3, -0.25) is 4.79 Å². The Morgan fingerprint density at radius 3 is 2.56 bits per heavy atom. The molecule has 0 radical (unpaired) electrons. The third-order valence-corrected chi connectivity index (χ3v) is 2.96. The summed E-state index contributed by atoms with van der Waals surface area (Å²) in [5.74, 6) is -1.56. The van der Waals surface area contributed by atoms with Gasteiger partial charge in [-0.2, -0.15) is 0 Å². The monoisotopic (exact) mass is 244 g/mol. The molecule has 1 aliphatic rings. The first-order valence-electron chi connectivity index (χ1n) is 5.83. The summed E-state index contributed by atoms with van der Waals surface area (Å²) in [6.45, 7) is 1.38. The van der Waals surface area contributed by atoms with Crippen LogP contribution in [0.2, 0.25) is 0 Å². The number of rotatable bonds is 3. The van der Waals surface area contributed by atoms with Crippen molar-refractivity contribution in [3.8, 4) is 0 Å². The van der Waals surface area contributed by atoms with Gasteiger partial charge in [0, 0.05) is 14.0 Å². The van der Waals surface area contributed by atoms with Gasteiger partial charge in [0.25, 0.3) is 0 Å². The second-order valence-corrected chi connectivity index (χ2v) is 4.15. The first-order chi connectivity index (χ1) is 8.68. The molecule has 0 fully saturated rings. The topological polar surface area (TPSA) is 35.5 Å². The Labute approximate surface area is 107 Å². The molecule has 18 heavy (non-hydrogen) atoms. The molecule has 2 unspecified atom stereocenters. The number of ether oxygens (including phenoxy) is 2. The van der Waals surface area contributed by atoms with Gasteiger partial charge in [0.2, 0.25) is 5.79 Å². The van der Waals surface area contributed by atoms with Gasteiger partial charge in [0.15, 0.2) is 0 Å². The fraction of sp³-hybridized carbons (Fsp3) is 0.267. The maximum absolute atomic E-state index is 11.3. The minimum absolute atomic E-state index is 0.141. The van der Waals surface area contributed by atoms with Crippen LogP contribution in [0.1, 0.15) is 18.4 Å². The lowest BCUT2D eigenvalue weighted by Crippen LogP contribution is -2.41. The molecule has 0 heterocycles. The molecule has 1 aliphatic carbocycles. The second kappa shape index (κ2) is 5.19. The van der Waals surface area contributed by atoms with Crippen LogP contribution in [0.25, 0.3) is 0 Å². The number of allylic oxidation sites excluding steroid dienone is 2. The summed E-state index contributed by atoms with van der Waals surface area (Å²) < 4.78 is 10.9. The van der Waals surface area contributed by atoms with Crippen LogP contribution in [0.15, 0.2) is 54.6 Å². The predicted octanol–water partition coefficient (Wildman–Crippen LogP) is 2.80. The van der Waals surface area contributed by atoms with Crippen LogP contribution >= 0.6 is 0 Å². The molecule has 0 spiro atoms. The molecule has 1 aromatic rings. The molecule has 2 atom stereocenters. The van der Waals surface area contributed by atoms with E-state index in [-0.39, 0.29) is 11.9 Å². The zero-order valence-electron chi connectivity index (χ0n) is 10.5. The van der Waals surface area contributed by atoms with Gasteiger partial charge in [0.05, 0.1) is 5.92 Å². The maximum atomic E-state index is 11.3. The first-order valence-corrected chi connectivity index (χ1v) is 5.83. The number of carbonyl (C=O) groups excluding carboxylic acids is 1. The van der Waals surface area contributed by atoms with Crippen molar-refractivity contribution in [1.82, 2.24) is 0 Å². The van der Waals surface area contributed by atoms with Crippen molar-refractivity contribution in [3.63, 3.8) is 0 Å². The third-order valence-electron chi connectivity index (χ3n) is 2.96. The maximum Gasteiger partial charge on any atom is 0.305 e. The molecule has 2 rings (SSSR count). The summed E-state index contributed by atoms with van der Waals surface area (Å²) >= 11 is 0. The quantitative estimate of drug-likeness (QED) is 0.606. The Balaban J connectivity index is 2.40. The molecule has 0 bridgehead atoms. The SMILES string of the molecule is COC1(OC(C)=O)C=CC=CC1c1ccccc1. The average molecular weight is 244 g/mol. The van der Waals surface area contributed by atoms with Gasteiger partial charge in [-0.05, 0) is 11.6 Å². The molecule has 94 valence electrons. The van der Waals surface area contributed by atoms with Crippen molar-refractivity contribution in [2.45, 2.75) is 18.6 Å². The van der Waals surface area contributed by atoms with Gasteiger partial charge in [-0.1, -0.05) is 48.6 Å². The highest BCUT2D eigenvalue weighted by Crippen LogP contribution is 2.37. The number of hydrogen-bond donors (Lipinski definition) is 0. The summed E-state index contributed by atoms with van der Waals surface area (Å²) in [4.78, 5) is 11.3. The van der Waals surface area contributed by atoms with E-state index in [4.69, 9.17) is 9.47 Å². The zero-order valence-corrected chi connectivity index (χ0v) is 10.5. The van der Waals surface area contributed by atoms with E-state index in [1.54, 1.807) is 13.2 Å². The smallest absolute Gasteiger partial charge is 0.305 e. The Kier molecular flexibility index (Phi) is 3.63. The highest BCUT2D eigenvalue weighted by Gasteiger charge is 2.40. The summed E-state index contributed by atoms with van der Waals surface area (Å²) in [5.41, 5.74) is 1.04. The Morgan fingerprint density at radius 2 is 1.94 bits per heavy atom. The predicted molar refractivity (Wildman–Crippen MR) is 69.0 cm³/mol. The van der Waals surface area contributed by atoms with Gasteiger partial charge < -0.3 is 9.47 Å². The number of hydrogen-bond acceptors (Lipinski definition) is 3. The standard InChI is InChI=1S/C15H16O3/c1-12(16)18-15(17-2)11-7-6-10-14(15)13-8-4-3-5-9-13/h3-11,14H,1-2H3. The molecule has 0 saturated heterocycles. The van der Waals surface area contributed by atoms with Crippen LogP contribution in [0.5, 0.6) is 0 Å². The van der Waals surface area contributed by atoms with Crippen LogP contribution in [0.4, 0.5) is 0 Å².